The molecule has 1 aromatic heterocycles. The molecule has 6 heteroatoms. The van der Waals surface area contributed by atoms with Crippen LogP contribution in [-0.4, -0.2) is 28.8 Å². The molecule has 1 aliphatic carbocycles. The monoisotopic (exact) mass is 297 g/mol. The Morgan fingerprint density at radius 2 is 2.05 bits per heavy atom. The van der Waals surface area contributed by atoms with Gasteiger partial charge < -0.3 is 14.8 Å². The molecule has 1 amide bonds. The molecule has 0 radical (unpaired) electrons. The van der Waals surface area contributed by atoms with Gasteiger partial charge in [0.1, 0.15) is 0 Å². The van der Waals surface area contributed by atoms with Gasteiger partial charge in [-0.15, -0.1) is 0 Å². The lowest BCUT2D eigenvalue weighted by atomic mass is 9.95. The molecule has 2 rings (SSSR count). The molecule has 0 atom stereocenters. The van der Waals surface area contributed by atoms with E-state index in [0.717, 1.165) is 12.8 Å². The van der Waals surface area contributed by atoms with E-state index in [9.17, 15) is 9.59 Å². The molecule has 0 bridgehead atoms. The van der Waals surface area contributed by atoms with E-state index in [1.54, 1.807) is 6.07 Å². The third-order valence-electron chi connectivity index (χ3n) is 3.34. The van der Waals surface area contributed by atoms with Crippen LogP contribution in [0, 0.1) is 0 Å². The first-order valence-corrected chi connectivity index (χ1v) is 7.89. The molecule has 0 aromatic carbocycles. The third kappa shape index (κ3) is 4.59. The van der Waals surface area contributed by atoms with Crippen molar-refractivity contribution in [1.82, 2.24) is 5.32 Å². The fraction of sp³-hybridized carbons (Fsp3) is 0.571. The molecular formula is C14H19NO4S. The minimum atomic E-state index is -1.08. The third-order valence-corrected chi connectivity index (χ3v) is 4.25. The van der Waals surface area contributed by atoms with Crippen LogP contribution in [-0.2, 0) is 4.79 Å². The molecule has 1 aromatic rings. The zero-order valence-corrected chi connectivity index (χ0v) is 12.1. The molecule has 2 N–H and O–H groups in total. The summed E-state index contributed by atoms with van der Waals surface area (Å²) in [5.41, 5.74) is 0. The second-order valence-corrected chi connectivity index (χ2v) is 6.02. The van der Waals surface area contributed by atoms with Crippen LogP contribution in [0.3, 0.4) is 0 Å². The van der Waals surface area contributed by atoms with Gasteiger partial charge >= 0.3 is 5.97 Å². The van der Waals surface area contributed by atoms with Crippen molar-refractivity contribution in [2.45, 2.75) is 49.7 Å². The predicted molar refractivity (Wildman–Crippen MR) is 76.0 cm³/mol. The maximum Gasteiger partial charge on any atom is 0.371 e. The van der Waals surface area contributed by atoms with Crippen molar-refractivity contribution in [3.05, 3.63) is 17.9 Å². The van der Waals surface area contributed by atoms with Gasteiger partial charge in [-0.05, 0) is 25.0 Å². The van der Waals surface area contributed by atoms with Gasteiger partial charge in [-0.3, -0.25) is 4.79 Å². The Hall–Kier alpha value is -1.43. The largest absolute Gasteiger partial charge is 0.475 e. The molecule has 5 nitrogen and oxygen atoms in total. The highest BCUT2D eigenvalue weighted by Gasteiger charge is 2.15. The summed E-state index contributed by atoms with van der Waals surface area (Å²) in [7, 11) is 0. The van der Waals surface area contributed by atoms with Crippen molar-refractivity contribution >= 4 is 23.6 Å². The van der Waals surface area contributed by atoms with E-state index < -0.39 is 5.97 Å². The maximum absolute atomic E-state index is 11.8. The first kappa shape index (κ1) is 15.0. The van der Waals surface area contributed by atoms with E-state index in [1.165, 1.54) is 37.1 Å². The number of carboxylic acids is 1. The lowest BCUT2D eigenvalue weighted by molar-refractivity contribution is -0.121. The van der Waals surface area contributed by atoms with Gasteiger partial charge in [0.05, 0.1) is 0 Å². The number of nitrogens with one attached hydrogen (secondary N) is 1. The lowest BCUT2D eigenvalue weighted by Gasteiger charge is -2.22. The average molecular weight is 297 g/mol. The van der Waals surface area contributed by atoms with E-state index >= 15 is 0 Å². The minimum absolute atomic E-state index is 0.0643. The summed E-state index contributed by atoms with van der Waals surface area (Å²) in [6, 6.07) is 3.38. The van der Waals surface area contributed by atoms with Crippen molar-refractivity contribution in [3.8, 4) is 0 Å². The van der Waals surface area contributed by atoms with Crippen LogP contribution < -0.4 is 5.32 Å². The van der Waals surface area contributed by atoms with Crippen LogP contribution in [0.15, 0.2) is 21.6 Å². The Morgan fingerprint density at radius 1 is 1.30 bits per heavy atom. The molecule has 20 heavy (non-hydrogen) atoms. The summed E-state index contributed by atoms with van der Waals surface area (Å²) in [6.07, 6.45) is 6.25. The van der Waals surface area contributed by atoms with Crippen LogP contribution in [0.25, 0.3) is 0 Å². The highest BCUT2D eigenvalue weighted by atomic mass is 32.2. The number of thioether (sulfide) groups is 1. The molecule has 1 aliphatic rings. The van der Waals surface area contributed by atoms with Gasteiger partial charge in [0, 0.05) is 18.2 Å². The van der Waals surface area contributed by atoms with Crippen molar-refractivity contribution < 1.29 is 19.1 Å². The molecule has 110 valence electrons. The predicted octanol–water partition coefficient (Wildman–Crippen LogP) is 2.91. The summed E-state index contributed by atoms with van der Waals surface area (Å²) in [6.45, 7) is 0. The topological polar surface area (TPSA) is 79.5 Å². The molecule has 1 heterocycles. The zero-order valence-electron chi connectivity index (χ0n) is 11.3. The van der Waals surface area contributed by atoms with Gasteiger partial charge in [0.25, 0.3) is 0 Å². The quantitative estimate of drug-likeness (QED) is 0.789. The van der Waals surface area contributed by atoms with Crippen molar-refractivity contribution in [1.29, 1.82) is 0 Å². The van der Waals surface area contributed by atoms with E-state index in [2.05, 4.69) is 5.32 Å². The summed E-state index contributed by atoms with van der Waals surface area (Å²) >= 11 is 1.36. The second kappa shape index (κ2) is 7.38. The Morgan fingerprint density at radius 3 is 2.70 bits per heavy atom. The molecule has 0 aliphatic heterocycles. The molecule has 1 fully saturated rings. The van der Waals surface area contributed by atoms with Crippen LogP contribution in [0.1, 0.15) is 49.1 Å². The van der Waals surface area contributed by atoms with Gasteiger partial charge in [0.15, 0.2) is 5.09 Å². The standard InChI is InChI=1S/C14H19NO4S/c16-12(15-10-4-2-1-3-5-10)8-9-20-13-7-6-11(19-13)14(17)18/h6-7,10H,1-5,8-9H2,(H,15,16)(H,17,18). The average Bonchev–Trinajstić information content (AvgIpc) is 2.89. The van der Waals surface area contributed by atoms with Crippen molar-refractivity contribution in [3.63, 3.8) is 0 Å². The SMILES string of the molecule is O=C(CCSc1ccc(C(=O)O)o1)NC1CCCCC1. The van der Waals surface area contributed by atoms with Crippen molar-refractivity contribution in [2.24, 2.45) is 0 Å². The van der Waals surface area contributed by atoms with E-state index in [4.69, 9.17) is 9.52 Å². The first-order valence-electron chi connectivity index (χ1n) is 6.90. The number of carboxylic acid groups (broad SMARTS) is 1. The first-order chi connectivity index (χ1) is 9.65. The highest BCUT2D eigenvalue weighted by Crippen LogP contribution is 2.22. The number of aromatic carboxylic acids is 1. The van der Waals surface area contributed by atoms with E-state index in [0.29, 0.717) is 23.3 Å². The van der Waals surface area contributed by atoms with Crippen LogP contribution in [0.2, 0.25) is 0 Å². The summed E-state index contributed by atoms with van der Waals surface area (Å²) in [4.78, 5) is 22.4. The van der Waals surface area contributed by atoms with E-state index in [-0.39, 0.29) is 11.7 Å². The number of carbonyl (C=O) groups is 2. The van der Waals surface area contributed by atoms with Crippen LogP contribution in [0.5, 0.6) is 0 Å². The molecule has 1 saturated carbocycles. The van der Waals surface area contributed by atoms with Gasteiger partial charge in [-0.25, -0.2) is 4.79 Å². The van der Waals surface area contributed by atoms with Crippen LogP contribution >= 0.6 is 11.8 Å². The summed E-state index contributed by atoms with van der Waals surface area (Å²) in [5, 5.41) is 12.3. The molecule has 0 saturated heterocycles. The Bertz CT molecular complexity index is 465. The molecule has 0 unspecified atom stereocenters. The van der Waals surface area contributed by atoms with Gasteiger partial charge in [-0.1, -0.05) is 31.0 Å². The van der Waals surface area contributed by atoms with Crippen molar-refractivity contribution in [2.75, 3.05) is 5.75 Å². The maximum atomic E-state index is 11.8. The number of hydrogen-bond donors (Lipinski definition) is 2. The normalized spacial score (nSPS) is 16.0. The highest BCUT2D eigenvalue weighted by molar-refractivity contribution is 7.99. The fourth-order valence-electron chi connectivity index (χ4n) is 2.30. The second-order valence-electron chi connectivity index (χ2n) is 4.92. The zero-order chi connectivity index (χ0) is 14.4. The van der Waals surface area contributed by atoms with E-state index in [1.807, 2.05) is 0 Å². The van der Waals surface area contributed by atoms with Gasteiger partial charge in [-0.2, -0.15) is 0 Å². The summed E-state index contributed by atoms with van der Waals surface area (Å²) < 4.78 is 5.11. The lowest BCUT2D eigenvalue weighted by Crippen LogP contribution is -2.36. The Kier molecular flexibility index (Phi) is 5.52. The minimum Gasteiger partial charge on any atom is -0.475 e. The Labute approximate surface area is 122 Å². The number of furan rings is 1. The number of carbonyl (C=O) groups excluding carboxylic acids is 1. The van der Waals surface area contributed by atoms with Crippen LogP contribution in [0.4, 0.5) is 0 Å². The summed E-state index contributed by atoms with van der Waals surface area (Å²) in [5.74, 6) is -0.494. The Balaban J connectivity index is 1.66. The fourth-order valence-corrected chi connectivity index (χ4v) is 3.11. The number of amides is 1. The van der Waals surface area contributed by atoms with Gasteiger partial charge in [0.2, 0.25) is 11.7 Å². The number of hydrogen-bond acceptors (Lipinski definition) is 4. The molecule has 0 spiro atoms. The number of rotatable bonds is 6. The molecular weight excluding hydrogens is 278 g/mol. The smallest absolute Gasteiger partial charge is 0.371 e.